The van der Waals surface area contributed by atoms with Crippen LogP contribution in [0.5, 0.6) is 5.75 Å². The highest BCUT2D eigenvalue weighted by molar-refractivity contribution is 6.30. The molecule has 3 rings (SSSR count). The van der Waals surface area contributed by atoms with E-state index in [2.05, 4.69) is 6.92 Å². The van der Waals surface area contributed by atoms with Crippen LogP contribution in [0.15, 0.2) is 51.9 Å². The second-order valence-electron chi connectivity index (χ2n) is 6.27. The molecule has 0 radical (unpaired) electrons. The third kappa shape index (κ3) is 3.88. The average molecular weight is 357 g/mol. The van der Waals surface area contributed by atoms with Gasteiger partial charge in [-0.05, 0) is 42.2 Å². The maximum Gasteiger partial charge on any atom is 0.200 e. The Morgan fingerprint density at radius 1 is 1.08 bits per heavy atom. The van der Waals surface area contributed by atoms with Crippen molar-refractivity contribution in [2.75, 3.05) is 0 Å². The maximum absolute atomic E-state index is 12.9. The van der Waals surface area contributed by atoms with E-state index in [0.29, 0.717) is 21.6 Å². The Kier molecular flexibility index (Phi) is 5.44. The molecule has 0 fully saturated rings. The molecule has 0 saturated heterocycles. The summed E-state index contributed by atoms with van der Waals surface area (Å²) in [7, 11) is 0. The van der Waals surface area contributed by atoms with Crippen molar-refractivity contribution >= 4 is 22.6 Å². The Hall–Kier alpha value is -2.26. The van der Waals surface area contributed by atoms with Crippen LogP contribution < -0.4 is 5.43 Å². The van der Waals surface area contributed by atoms with Gasteiger partial charge in [0.15, 0.2) is 0 Å². The summed E-state index contributed by atoms with van der Waals surface area (Å²) < 4.78 is 5.59. The molecule has 0 unspecified atom stereocenters. The van der Waals surface area contributed by atoms with E-state index in [1.54, 1.807) is 30.3 Å². The van der Waals surface area contributed by atoms with Crippen molar-refractivity contribution in [3.8, 4) is 16.9 Å². The highest BCUT2D eigenvalue weighted by atomic mass is 35.5. The predicted octanol–water partition coefficient (Wildman–Crippen LogP) is 5.94. The number of benzene rings is 2. The SMILES string of the molecule is CCCCCCc1cc2c(=O)c(-c3ccc(Cl)cc3)coc2cc1O. The Balaban J connectivity index is 2.00. The lowest BCUT2D eigenvalue weighted by atomic mass is 10.0. The van der Waals surface area contributed by atoms with Gasteiger partial charge in [-0.25, -0.2) is 0 Å². The molecule has 1 N–H and O–H groups in total. The molecule has 0 aliphatic rings. The number of unbranched alkanes of at least 4 members (excludes halogenated alkanes) is 3. The largest absolute Gasteiger partial charge is 0.508 e. The summed E-state index contributed by atoms with van der Waals surface area (Å²) in [4.78, 5) is 12.9. The number of fused-ring (bicyclic) bond motifs is 1. The molecule has 0 aliphatic heterocycles. The van der Waals surface area contributed by atoms with E-state index in [9.17, 15) is 9.90 Å². The van der Waals surface area contributed by atoms with Crippen molar-refractivity contribution in [3.63, 3.8) is 0 Å². The minimum absolute atomic E-state index is 0.0987. The molecule has 130 valence electrons. The summed E-state index contributed by atoms with van der Waals surface area (Å²) in [5.41, 5.74) is 2.35. The molecule has 0 bridgehead atoms. The number of phenols is 1. The summed E-state index contributed by atoms with van der Waals surface area (Å²) >= 11 is 5.91. The standard InChI is InChI=1S/C21H21ClO3/c1-2-3-4-5-6-15-11-17-20(12-19(15)23)25-13-18(21(17)24)14-7-9-16(22)10-8-14/h7-13,23H,2-6H2,1H3. The zero-order valence-corrected chi connectivity index (χ0v) is 15.0. The van der Waals surface area contributed by atoms with Gasteiger partial charge in [-0.2, -0.15) is 0 Å². The molecule has 0 aliphatic carbocycles. The van der Waals surface area contributed by atoms with E-state index in [1.165, 1.54) is 18.8 Å². The maximum atomic E-state index is 12.9. The number of aryl methyl sites for hydroxylation is 1. The van der Waals surface area contributed by atoms with Crippen molar-refractivity contribution in [3.05, 3.63) is 63.5 Å². The molecule has 25 heavy (non-hydrogen) atoms. The Labute approximate surface area is 151 Å². The van der Waals surface area contributed by atoms with Gasteiger partial charge in [0, 0.05) is 11.1 Å². The zero-order chi connectivity index (χ0) is 17.8. The van der Waals surface area contributed by atoms with E-state index in [4.69, 9.17) is 16.0 Å². The molecule has 0 saturated carbocycles. The molecule has 1 heterocycles. The van der Waals surface area contributed by atoms with E-state index in [0.717, 1.165) is 36.8 Å². The van der Waals surface area contributed by atoms with Crippen LogP contribution in [0.3, 0.4) is 0 Å². The topological polar surface area (TPSA) is 50.4 Å². The van der Waals surface area contributed by atoms with Gasteiger partial charge < -0.3 is 9.52 Å². The van der Waals surface area contributed by atoms with Crippen LogP contribution in [0.2, 0.25) is 5.02 Å². The van der Waals surface area contributed by atoms with Crippen molar-refractivity contribution in [2.24, 2.45) is 0 Å². The van der Waals surface area contributed by atoms with E-state index in [-0.39, 0.29) is 11.2 Å². The minimum Gasteiger partial charge on any atom is -0.508 e. The fraction of sp³-hybridized carbons (Fsp3) is 0.286. The van der Waals surface area contributed by atoms with Crippen LogP contribution in [0, 0.1) is 0 Å². The van der Waals surface area contributed by atoms with Crippen LogP contribution in [0.1, 0.15) is 38.2 Å². The first kappa shape index (κ1) is 17.6. The Morgan fingerprint density at radius 2 is 1.84 bits per heavy atom. The van der Waals surface area contributed by atoms with Crippen LogP contribution in [0.4, 0.5) is 0 Å². The van der Waals surface area contributed by atoms with Crippen molar-refractivity contribution in [1.82, 2.24) is 0 Å². The minimum atomic E-state index is -0.0987. The highest BCUT2D eigenvalue weighted by Crippen LogP contribution is 2.27. The molecule has 4 heteroatoms. The lowest BCUT2D eigenvalue weighted by Crippen LogP contribution is -2.05. The highest BCUT2D eigenvalue weighted by Gasteiger charge is 2.12. The van der Waals surface area contributed by atoms with Gasteiger partial charge in [-0.3, -0.25) is 4.79 Å². The van der Waals surface area contributed by atoms with E-state index >= 15 is 0 Å². The molecule has 0 amide bonds. The van der Waals surface area contributed by atoms with Gasteiger partial charge in [0.1, 0.15) is 17.6 Å². The van der Waals surface area contributed by atoms with Gasteiger partial charge in [0.25, 0.3) is 0 Å². The first-order valence-corrected chi connectivity index (χ1v) is 9.01. The van der Waals surface area contributed by atoms with Crippen LogP contribution >= 0.6 is 11.6 Å². The average Bonchev–Trinajstić information content (AvgIpc) is 2.61. The second-order valence-corrected chi connectivity index (χ2v) is 6.71. The van der Waals surface area contributed by atoms with Crippen molar-refractivity contribution in [1.29, 1.82) is 0 Å². The monoisotopic (exact) mass is 356 g/mol. The van der Waals surface area contributed by atoms with Crippen LogP contribution in [-0.2, 0) is 6.42 Å². The zero-order valence-electron chi connectivity index (χ0n) is 14.2. The number of halogens is 1. The first-order chi connectivity index (χ1) is 12.1. The fourth-order valence-electron chi connectivity index (χ4n) is 2.98. The summed E-state index contributed by atoms with van der Waals surface area (Å²) in [5.74, 6) is 0.186. The van der Waals surface area contributed by atoms with Gasteiger partial charge in [0.05, 0.1) is 10.9 Å². The predicted molar refractivity (Wildman–Crippen MR) is 102 cm³/mol. The smallest absolute Gasteiger partial charge is 0.200 e. The van der Waals surface area contributed by atoms with E-state index < -0.39 is 0 Å². The Bertz CT molecular complexity index is 926. The van der Waals surface area contributed by atoms with Crippen molar-refractivity contribution < 1.29 is 9.52 Å². The molecule has 3 aromatic rings. The molecule has 1 aromatic heterocycles. The third-order valence-corrected chi connectivity index (χ3v) is 4.68. The van der Waals surface area contributed by atoms with Gasteiger partial charge in [-0.1, -0.05) is 49.9 Å². The normalized spacial score (nSPS) is 11.1. The van der Waals surface area contributed by atoms with Gasteiger partial charge in [0.2, 0.25) is 5.43 Å². The number of aromatic hydroxyl groups is 1. The van der Waals surface area contributed by atoms with Gasteiger partial charge in [-0.15, -0.1) is 0 Å². The molecule has 2 aromatic carbocycles. The van der Waals surface area contributed by atoms with Crippen LogP contribution in [0.25, 0.3) is 22.1 Å². The fourth-order valence-corrected chi connectivity index (χ4v) is 3.11. The molecular weight excluding hydrogens is 336 g/mol. The first-order valence-electron chi connectivity index (χ1n) is 8.63. The molecule has 3 nitrogen and oxygen atoms in total. The van der Waals surface area contributed by atoms with Crippen LogP contribution in [-0.4, -0.2) is 5.11 Å². The molecular formula is C21H21ClO3. The number of phenolic OH excluding ortho intramolecular Hbond substituents is 1. The van der Waals surface area contributed by atoms with E-state index in [1.807, 2.05) is 0 Å². The second kappa shape index (κ2) is 7.75. The lowest BCUT2D eigenvalue weighted by Gasteiger charge is -2.08. The number of hydrogen-bond donors (Lipinski definition) is 1. The molecule has 0 spiro atoms. The summed E-state index contributed by atoms with van der Waals surface area (Å²) in [6.45, 7) is 2.16. The number of hydrogen-bond acceptors (Lipinski definition) is 3. The summed E-state index contributed by atoms with van der Waals surface area (Å²) in [6, 6.07) is 10.4. The van der Waals surface area contributed by atoms with Crippen molar-refractivity contribution in [2.45, 2.75) is 39.0 Å². The summed E-state index contributed by atoms with van der Waals surface area (Å²) in [5, 5.41) is 11.3. The number of rotatable bonds is 6. The third-order valence-electron chi connectivity index (χ3n) is 4.43. The summed E-state index contributed by atoms with van der Waals surface area (Å²) in [6.07, 6.45) is 6.65. The Morgan fingerprint density at radius 3 is 2.56 bits per heavy atom. The molecule has 0 atom stereocenters. The van der Waals surface area contributed by atoms with Gasteiger partial charge >= 0.3 is 0 Å². The quantitative estimate of drug-likeness (QED) is 0.556. The lowest BCUT2D eigenvalue weighted by molar-refractivity contribution is 0.465.